The van der Waals surface area contributed by atoms with Crippen molar-refractivity contribution in [1.29, 1.82) is 0 Å². The lowest BCUT2D eigenvalue weighted by molar-refractivity contribution is -0.112. The summed E-state index contributed by atoms with van der Waals surface area (Å²) in [5.74, 6) is -0.290. The van der Waals surface area contributed by atoms with Gasteiger partial charge < -0.3 is 15.6 Å². The van der Waals surface area contributed by atoms with Crippen LogP contribution in [0.15, 0.2) is 55.5 Å². The van der Waals surface area contributed by atoms with Gasteiger partial charge in [0.25, 0.3) is 0 Å². The lowest BCUT2D eigenvalue weighted by atomic mass is 10.0. The van der Waals surface area contributed by atoms with Gasteiger partial charge in [-0.1, -0.05) is 12.6 Å². The van der Waals surface area contributed by atoms with E-state index in [1.54, 1.807) is 18.6 Å². The number of aromatic amines is 1. The van der Waals surface area contributed by atoms with E-state index in [2.05, 4.69) is 27.2 Å². The first kappa shape index (κ1) is 14.5. The molecule has 3 rings (SSSR count). The Labute approximate surface area is 132 Å². The molecule has 0 spiro atoms. The van der Waals surface area contributed by atoms with Crippen molar-refractivity contribution in [1.82, 2.24) is 9.97 Å². The fourth-order valence-corrected chi connectivity index (χ4v) is 2.44. The van der Waals surface area contributed by atoms with E-state index < -0.39 is 0 Å². The lowest BCUT2D eigenvalue weighted by Gasteiger charge is -2.09. The third-order valence-electron chi connectivity index (χ3n) is 3.44. The van der Waals surface area contributed by atoms with Crippen molar-refractivity contribution >= 4 is 34.6 Å². The second kappa shape index (κ2) is 6.15. The zero-order valence-electron chi connectivity index (χ0n) is 12.2. The highest BCUT2D eigenvalue weighted by Crippen LogP contribution is 2.33. The van der Waals surface area contributed by atoms with Gasteiger partial charge in [-0.3, -0.25) is 14.6 Å². The van der Waals surface area contributed by atoms with Crippen LogP contribution >= 0.6 is 0 Å². The number of hydrogen-bond donors (Lipinski definition) is 3. The van der Waals surface area contributed by atoms with Crippen molar-refractivity contribution in [2.24, 2.45) is 0 Å². The standard InChI is InChI=1S/C17H14N4O2/c1-2-16(23)21-12-7-11(8-18-9-12)13-3-4-15(20-10-22)17-14(13)5-6-19-17/h2-10,19H,1H2,(H,20,22)(H,21,23). The molecule has 0 fully saturated rings. The highest BCUT2D eigenvalue weighted by molar-refractivity contribution is 6.04. The molecule has 0 bridgehead atoms. The first-order valence-corrected chi connectivity index (χ1v) is 6.92. The highest BCUT2D eigenvalue weighted by atomic mass is 16.1. The number of H-pyrrole nitrogens is 1. The van der Waals surface area contributed by atoms with Gasteiger partial charge >= 0.3 is 0 Å². The number of nitrogens with zero attached hydrogens (tertiary/aromatic N) is 1. The normalized spacial score (nSPS) is 10.3. The maximum atomic E-state index is 11.4. The van der Waals surface area contributed by atoms with E-state index in [1.807, 2.05) is 24.3 Å². The zero-order chi connectivity index (χ0) is 16.2. The van der Waals surface area contributed by atoms with Gasteiger partial charge in [0, 0.05) is 23.3 Å². The van der Waals surface area contributed by atoms with Crippen molar-refractivity contribution in [3.63, 3.8) is 0 Å². The summed E-state index contributed by atoms with van der Waals surface area (Å²) in [6, 6.07) is 7.48. The molecule has 0 aliphatic rings. The minimum absolute atomic E-state index is 0.290. The quantitative estimate of drug-likeness (QED) is 0.500. The van der Waals surface area contributed by atoms with E-state index in [-0.39, 0.29) is 5.91 Å². The topological polar surface area (TPSA) is 86.9 Å². The van der Waals surface area contributed by atoms with Gasteiger partial charge in [-0.25, -0.2) is 0 Å². The Morgan fingerprint density at radius 2 is 2.13 bits per heavy atom. The molecule has 0 aliphatic carbocycles. The van der Waals surface area contributed by atoms with Gasteiger partial charge in [0.15, 0.2) is 0 Å². The Morgan fingerprint density at radius 3 is 2.91 bits per heavy atom. The van der Waals surface area contributed by atoms with E-state index in [1.165, 1.54) is 6.08 Å². The highest BCUT2D eigenvalue weighted by Gasteiger charge is 2.10. The first-order valence-electron chi connectivity index (χ1n) is 6.92. The molecule has 0 saturated heterocycles. The molecule has 2 aromatic heterocycles. The lowest BCUT2D eigenvalue weighted by Crippen LogP contribution is -2.07. The number of hydrogen-bond acceptors (Lipinski definition) is 3. The van der Waals surface area contributed by atoms with Crippen LogP contribution in [0, 0.1) is 0 Å². The molecule has 0 saturated carbocycles. The minimum Gasteiger partial charge on any atom is -0.359 e. The summed E-state index contributed by atoms with van der Waals surface area (Å²) in [5, 5.41) is 6.30. The third-order valence-corrected chi connectivity index (χ3v) is 3.44. The number of pyridine rings is 1. The van der Waals surface area contributed by atoms with Crippen LogP contribution in [0.25, 0.3) is 22.0 Å². The Balaban J connectivity index is 2.07. The van der Waals surface area contributed by atoms with Crippen LogP contribution in [0.4, 0.5) is 11.4 Å². The summed E-state index contributed by atoms with van der Waals surface area (Å²) in [4.78, 5) is 29.4. The van der Waals surface area contributed by atoms with Crippen molar-refractivity contribution in [2.45, 2.75) is 0 Å². The summed E-state index contributed by atoms with van der Waals surface area (Å²) in [5.41, 5.74) is 3.92. The maximum absolute atomic E-state index is 11.4. The van der Waals surface area contributed by atoms with E-state index in [0.29, 0.717) is 17.8 Å². The van der Waals surface area contributed by atoms with E-state index in [4.69, 9.17) is 0 Å². The fourth-order valence-electron chi connectivity index (χ4n) is 2.44. The molecule has 0 atom stereocenters. The Hall–Kier alpha value is -3.41. The number of rotatable bonds is 5. The monoisotopic (exact) mass is 306 g/mol. The largest absolute Gasteiger partial charge is 0.359 e. The average molecular weight is 306 g/mol. The van der Waals surface area contributed by atoms with Crippen LogP contribution < -0.4 is 10.6 Å². The molecule has 0 radical (unpaired) electrons. The van der Waals surface area contributed by atoms with Crippen LogP contribution in [0.5, 0.6) is 0 Å². The Morgan fingerprint density at radius 1 is 1.26 bits per heavy atom. The minimum atomic E-state index is -0.290. The van der Waals surface area contributed by atoms with Gasteiger partial charge in [-0.2, -0.15) is 0 Å². The second-order valence-electron chi connectivity index (χ2n) is 4.84. The molecule has 3 N–H and O–H groups in total. The van der Waals surface area contributed by atoms with Gasteiger partial charge in [-0.05, 0) is 29.8 Å². The van der Waals surface area contributed by atoms with Crippen molar-refractivity contribution in [3.8, 4) is 11.1 Å². The molecule has 6 heteroatoms. The smallest absolute Gasteiger partial charge is 0.247 e. The first-order chi connectivity index (χ1) is 11.2. The molecule has 2 amide bonds. The van der Waals surface area contributed by atoms with Gasteiger partial charge in [0.05, 0.1) is 23.1 Å². The molecule has 6 nitrogen and oxygen atoms in total. The van der Waals surface area contributed by atoms with Gasteiger partial charge in [0.2, 0.25) is 12.3 Å². The fraction of sp³-hybridized carbons (Fsp3) is 0. The number of benzene rings is 1. The molecule has 0 aliphatic heterocycles. The van der Waals surface area contributed by atoms with Crippen LogP contribution in [0.2, 0.25) is 0 Å². The van der Waals surface area contributed by atoms with E-state index in [0.717, 1.165) is 22.0 Å². The zero-order valence-corrected chi connectivity index (χ0v) is 12.2. The van der Waals surface area contributed by atoms with Crippen LogP contribution in [-0.4, -0.2) is 22.3 Å². The van der Waals surface area contributed by atoms with Gasteiger partial charge in [0.1, 0.15) is 0 Å². The van der Waals surface area contributed by atoms with E-state index in [9.17, 15) is 9.59 Å². The Bertz CT molecular complexity index is 898. The second-order valence-corrected chi connectivity index (χ2v) is 4.84. The van der Waals surface area contributed by atoms with Crippen LogP contribution in [0.3, 0.4) is 0 Å². The van der Waals surface area contributed by atoms with Crippen molar-refractivity contribution in [2.75, 3.05) is 10.6 Å². The molecule has 0 unspecified atom stereocenters. The summed E-state index contributed by atoms with van der Waals surface area (Å²) < 4.78 is 0. The number of aromatic nitrogens is 2. The molecule has 1 aromatic carbocycles. The van der Waals surface area contributed by atoms with Crippen molar-refractivity contribution in [3.05, 3.63) is 55.5 Å². The molecular formula is C17H14N4O2. The van der Waals surface area contributed by atoms with Crippen LogP contribution in [0.1, 0.15) is 0 Å². The number of carbonyl (C=O) groups is 2. The number of fused-ring (bicyclic) bond motifs is 1. The van der Waals surface area contributed by atoms with Crippen LogP contribution in [-0.2, 0) is 9.59 Å². The summed E-state index contributed by atoms with van der Waals surface area (Å²) in [6.45, 7) is 3.43. The molecular weight excluding hydrogens is 292 g/mol. The predicted molar refractivity (Wildman–Crippen MR) is 90.0 cm³/mol. The SMILES string of the molecule is C=CC(=O)Nc1cncc(-c2ccc(NC=O)c3[nH]ccc23)c1. The third kappa shape index (κ3) is 2.82. The summed E-state index contributed by atoms with van der Waals surface area (Å²) in [6.07, 6.45) is 6.94. The Kier molecular flexibility index (Phi) is 3.88. The number of nitrogens with one attached hydrogen (secondary N) is 3. The average Bonchev–Trinajstić information content (AvgIpc) is 3.05. The number of amides is 2. The molecule has 114 valence electrons. The van der Waals surface area contributed by atoms with E-state index >= 15 is 0 Å². The predicted octanol–water partition coefficient (Wildman–Crippen LogP) is 2.92. The molecule has 23 heavy (non-hydrogen) atoms. The van der Waals surface area contributed by atoms with Crippen molar-refractivity contribution < 1.29 is 9.59 Å². The summed E-state index contributed by atoms with van der Waals surface area (Å²) >= 11 is 0. The van der Waals surface area contributed by atoms with Gasteiger partial charge in [-0.15, -0.1) is 0 Å². The maximum Gasteiger partial charge on any atom is 0.247 e. The molecule has 3 aromatic rings. The molecule has 2 heterocycles. The number of anilines is 2. The number of carbonyl (C=O) groups excluding carboxylic acids is 2. The summed E-state index contributed by atoms with van der Waals surface area (Å²) in [7, 11) is 0.